The Balaban J connectivity index is 2.10. The molecule has 3 rings (SSSR count). The van der Waals surface area contributed by atoms with E-state index in [2.05, 4.69) is 4.98 Å². The van der Waals surface area contributed by atoms with Crippen LogP contribution in [0.1, 0.15) is 39.7 Å². The number of nitrogens with zero attached hydrogens (tertiary/aromatic N) is 2. The third-order valence-corrected chi connectivity index (χ3v) is 5.36. The van der Waals surface area contributed by atoms with Gasteiger partial charge in [0.1, 0.15) is 0 Å². The van der Waals surface area contributed by atoms with Crippen molar-refractivity contribution in [2.75, 3.05) is 7.11 Å². The van der Waals surface area contributed by atoms with E-state index in [0.29, 0.717) is 12.0 Å². The predicted molar refractivity (Wildman–Crippen MR) is 123 cm³/mol. The SMILES string of the molecule is CCCc1cnc2c(O[C@@H]3O[C@H](C(=O)OC)[C@@H](OC(C)=O)[C@H](OC(C)=O)[C@H]3OC(C)=O)cccn2c1=O. The Kier molecular flexibility index (Phi) is 8.81. The summed E-state index contributed by atoms with van der Waals surface area (Å²) in [4.78, 5) is 65.5. The van der Waals surface area contributed by atoms with Crippen molar-refractivity contribution in [2.24, 2.45) is 0 Å². The van der Waals surface area contributed by atoms with E-state index in [4.69, 9.17) is 28.4 Å². The molecule has 0 spiro atoms. The number of esters is 4. The summed E-state index contributed by atoms with van der Waals surface area (Å²) in [5.41, 5.74) is 0.339. The van der Waals surface area contributed by atoms with Crippen LogP contribution >= 0.6 is 0 Å². The lowest BCUT2D eigenvalue weighted by Crippen LogP contribution is -2.64. The molecule has 13 nitrogen and oxygen atoms in total. The highest BCUT2D eigenvalue weighted by Crippen LogP contribution is 2.32. The predicted octanol–water partition coefficient (Wildman–Crippen LogP) is 0.719. The zero-order valence-corrected chi connectivity index (χ0v) is 21.0. The van der Waals surface area contributed by atoms with Crippen molar-refractivity contribution in [3.8, 4) is 5.75 Å². The minimum Gasteiger partial charge on any atom is -0.467 e. The Morgan fingerprint density at radius 2 is 1.62 bits per heavy atom. The number of hydrogen-bond acceptors (Lipinski definition) is 12. The number of ether oxygens (including phenoxy) is 6. The standard InChI is InChI=1S/C24H28N2O11/c1-6-8-15-11-25-21-16(9-7-10-26(21)22(15)30)36-24-20(35-14(4)29)18(34-13(3)28)17(33-12(2)27)19(37-24)23(31)32-5/h7,9-11,17-20,24H,6,8H2,1-5H3/t17-,18-,19-,20+,24+/m0/s1. The van der Waals surface area contributed by atoms with Crippen molar-refractivity contribution >= 4 is 29.5 Å². The number of carbonyl (C=O) groups excluding carboxylic acids is 4. The van der Waals surface area contributed by atoms with Crippen molar-refractivity contribution in [2.45, 2.75) is 71.2 Å². The molecule has 1 aliphatic rings. The maximum atomic E-state index is 12.9. The molecule has 2 aromatic rings. The number of aryl methyl sites for hydroxylation is 1. The van der Waals surface area contributed by atoms with E-state index in [-0.39, 0.29) is 17.0 Å². The molecule has 5 atom stereocenters. The van der Waals surface area contributed by atoms with Crippen LogP contribution in [0, 0.1) is 0 Å². The third kappa shape index (κ3) is 6.23. The first-order valence-electron chi connectivity index (χ1n) is 11.5. The van der Waals surface area contributed by atoms with Gasteiger partial charge in [0.2, 0.25) is 12.4 Å². The van der Waals surface area contributed by atoms with Gasteiger partial charge in [0.25, 0.3) is 5.56 Å². The van der Waals surface area contributed by atoms with Crippen LogP contribution in [0.3, 0.4) is 0 Å². The maximum Gasteiger partial charge on any atom is 0.339 e. The molecule has 0 aliphatic carbocycles. The number of methoxy groups -OCH3 is 1. The molecule has 37 heavy (non-hydrogen) atoms. The lowest BCUT2D eigenvalue weighted by molar-refractivity contribution is -0.282. The molecule has 0 N–H and O–H groups in total. The van der Waals surface area contributed by atoms with Gasteiger partial charge in [-0.15, -0.1) is 0 Å². The van der Waals surface area contributed by atoms with Gasteiger partial charge in [-0.25, -0.2) is 9.78 Å². The molecule has 3 heterocycles. The first kappa shape index (κ1) is 27.6. The summed E-state index contributed by atoms with van der Waals surface area (Å²) in [6, 6.07) is 3.02. The molecule has 0 aromatic carbocycles. The average Bonchev–Trinajstić information content (AvgIpc) is 2.83. The fourth-order valence-electron chi connectivity index (χ4n) is 3.95. The Morgan fingerprint density at radius 1 is 1.00 bits per heavy atom. The quantitative estimate of drug-likeness (QED) is 0.355. The molecule has 0 saturated carbocycles. The Hall–Kier alpha value is -4.00. The van der Waals surface area contributed by atoms with Crippen molar-refractivity contribution in [1.29, 1.82) is 0 Å². The molecule has 1 fully saturated rings. The van der Waals surface area contributed by atoms with Crippen LogP contribution in [0.15, 0.2) is 29.3 Å². The highest BCUT2D eigenvalue weighted by atomic mass is 16.7. The van der Waals surface area contributed by atoms with Gasteiger partial charge < -0.3 is 28.4 Å². The van der Waals surface area contributed by atoms with Crippen LogP contribution in [0.2, 0.25) is 0 Å². The second kappa shape index (κ2) is 11.8. The summed E-state index contributed by atoms with van der Waals surface area (Å²) in [5, 5.41) is 0. The fraction of sp³-hybridized carbons (Fsp3) is 0.500. The van der Waals surface area contributed by atoms with Gasteiger partial charge in [0, 0.05) is 38.7 Å². The van der Waals surface area contributed by atoms with E-state index >= 15 is 0 Å². The first-order valence-corrected chi connectivity index (χ1v) is 11.5. The monoisotopic (exact) mass is 520 g/mol. The number of carbonyl (C=O) groups is 4. The minimum atomic E-state index is -1.61. The zero-order valence-electron chi connectivity index (χ0n) is 21.0. The molecule has 0 radical (unpaired) electrons. The highest BCUT2D eigenvalue weighted by Gasteiger charge is 2.56. The maximum absolute atomic E-state index is 12.9. The Morgan fingerprint density at radius 3 is 2.22 bits per heavy atom. The van der Waals surface area contributed by atoms with E-state index in [0.717, 1.165) is 34.3 Å². The summed E-state index contributed by atoms with van der Waals surface area (Å²) in [6.45, 7) is 5.20. The summed E-state index contributed by atoms with van der Waals surface area (Å²) in [6.07, 6.45) is -3.47. The second-order valence-corrected chi connectivity index (χ2v) is 8.19. The van der Waals surface area contributed by atoms with Gasteiger partial charge >= 0.3 is 23.9 Å². The molecule has 2 aromatic heterocycles. The van der Waals surface area contributed by atoms with E-state index in [1.54, 1.807) is 0 Å². The van der Waals surface area contributed by atoms with Crippen molar-refractivity contribution in [3.05, 3.63) is 40.4 Å². The number of aromatic nitrogens is 2. The lowest BCUT2D eigenvalue weighted by atomic mass is 9.97. The van der Waals surface area contributed by atoms with Crippen molar-refractivity contribution in [1.82, 2.24) is 9.38 Å². The minimum absolute atomic E-state index is 0.0425. The molecule has 0 amide bonds. The van der Waals surface area contributed by atoms with Crippen LogP contribution < -0.4 is 10.3 Å². The van der Waals surface area contributed by atoms with Crippen LogP contribution in [-0.4, -0.2) is 71.1 Å². The second-order valence-electron chi connectivity index (χ2n) is 8.19. The van der Waals surface area contributed by atoms with E-state index < -0.39 is 54.6 Å². The lowest BCUT2D eigenvalue weighted by Gasteiger charge is -2.43. The molecule has 0 bridgehead atoms. The smallest absolute Gasteiger partial charge is 0.339 e. The van der Waals surface area contributed by atoms with Gasteiger partial charge in [-0.2, -0.15) is 0 Å². The fourth-order valence-corrected chi connectivity index (χ4v) is 3.95. The molecule has 1 aliphatic heterocycles. The highest BCUT2D eigenvalue weighted by molar-refractivity contribution is 5.77. The van der Waals surface area contributed by atoms with Crippen LogP contribution in [0.4, 0.5) is 0 Å². The average molecular weight is 520 g/mol. The van der Waals surface area contributed by atoms with Gasteiger partial charge in [-0.1, -0.05) is 13.3 Å². The van der Waals surface area contributed by atoms with Gasteiger partial charge in [-0.3, -0.25) is 23.6 Å². The van der Waals surface area contributed by atoms with E-state index in [1.165, 1.54) is 28.9 Å². The largest absolute Gasteiger partial charge is 0.467 e. The summed E-state index contributed by atoms with van der Waals surface area (Å²) in [7, 11) is 1.08. The molecule has 0 unspecified atom stereocenters. The Labute approximate surface area is 211 Å². The van der Waals surface area contributed by atoms with E-state index in [9.17, 15) is 24.0 Å². The van der Waals surface area contributed by atoms with Gasteiger partial charge in [0.15, 0.2) is 29.7 Å². The molecule has 13 heteroatoms. The van der Waals surface area contributed by atoms with Crippen LogP contribution in [0.5, 0.6) is 5.75 Å². The normalized spacial score (nSPS) is 23.1. The third-order valence-electron chi connectivity index (χ3n) is 5.36. The summed E-state index contributed by atoms with van der Waals surface area (Å²) in [5.74, 6) is -3.35. The first-order chi connectivity index (χ1) is 17.6. The Bertz CT molecular complexity index is 1240. The van der Waals surface area contributed by atoms with Gasteiger partial charge in [0.05, 0.1) is 7.11 Å². The summed E-state index contributed by atoms with van der Waals surface area (Å²) < 4.78 is 33.7. The number of hydrogen-bond donors (Lipinski definition) is 0. The molecule has 1 saturated heterocycles. The number of fused-ring (bicyclic) bond motifs is 1. The van der Waals surface area contributed by atoms with Gasteiger partial charge in [-0.05, 0) is 18.6 Å². The topological polar surface area (TPSA) is 158 Å². The number of rotatable bonds is 8. The zero-order chi connectivity index (χ0) is 27.3. The number of pyridine rings is 1. The van der Waals surface area contributed by atoms with Crippen molar-refractivity contribution < 1.29 is 47.6 Å². The van der Waals surface area contributed by atoms with E-state index in [1.807, 2.05) is 6.92 Å². The van der Waals surface area contributed by atoms with Crippen LogP contribution in [-0.2, 0) is 49.3 Å². The molecular weight excluding hydrogens is 492 g/mol. The van der Waals surface area contributed by atoms with Crippen LogP contribution in [0.25, 0.3) is 5.65 Å². The molecule has 200 valence electrons. The molecular formula is C24H28N2O11. The van der Waals surface area contributed by atoms with Crippen molar-refractivity contribution in [3.63, 3.8) is 0 Å². The summed E-state index contributed by atoms with van der Waals surface area (Å²) >= 11 is 0.